The number of nitrogens with zero attached hydrogens (tertiary/aromatic N) is 1. The Morgan fingerprint density at radius 1 is 1.58 bits per heavy atom. The van der Waals surface area contributed by atoms with Gasteiger partial charge in [-0.05, 0) is 19.1 Å². The quantitative estimate of drug-likeness (QED) is 0.679. The molecule has 1 amide bonds. The molecule has 0 bridgehead atoms. The lowest BCUT2D eigenvalue weighted by molar-refractivity contribution is -0.137. The average molecular weight is 297 g/mol. The van der Waals surface area contributed by atoms with Gasteiger partial charge in [-0.3, -0.25) is 14.5 Å². The molecule has 0 atom stereocenters. The number of amides is 1. The zero-order valence-electron chi connectivity index (χ0n) is 10.1. The van der Waals surface area contributed by atoms with E-state index in [0.29, 0.717) is 15.0 Å². The second-order valence-corrected chi connectivity index (χ2v) is 5.60. The number of thioether (sulfide) groups is 1. The molecule has 1 N–H and O–H groups in total. The molecule has 5 nitrogen and oxygen atoms in total. The number of rotatable bonds is 4. The van der Waals surface area contributed by atoms with Crippen LogP contribution < -0.4 is 0 Å². The summed E-state index contributed by atoms with van der Waals surface area (Å²) in [6.07, 6.45) is 1.49. The van der Waals surface area contributed by atoms with E-state index in [1.165, 1.54) is 4.90 Å². The molecule has 1 aromatic heterocycles. The Morgan fingerprint density at radius 3 is 2.89 bits per heavy atom. The molecular weight excluding hydrogens is 286 g/mol. The van der Waals surface area contributed by atoms with E-state index in [4.69, 9.17) is 21.7 Å². The fourth-order valence-electron chi connectivity index (χ4n) is 1.56. The van der Waals surface area contributed by atoms with Crippen LogP contribution in [0.15, 0.2) is 21.5 Å². The summed E-state index contributed by atoms with van der Waals surface area (Å²) >= 11 is 6.23. The van der Waals surface area contributed by atoms with Crippen LogP contribution in [0.2, 0.25) is 0 Å². The number of aryl methyl sites for hydroxylation is 1. The van der Waals surface area contributed by atoms with E-state index in [1.54, 1.807) is 18.2 Å². The van der Waals surface area contributed by atoms with Crippen molar-refractivity contribution in [3.63, 3.8) is 0 Å². The van der Waals surface area contributed by atoms with Gasteiger partial charge >= 0.3 is 5.97 Å². The molecule has 0 saturated carbocycles. The second kappa shape index (κ2) is 5.58. The Hall–Kier alpha value is -1.60. The standard InChI is InChI=1S/C12H11NO4S2/c1-7-2-3-8(17-7)6-9-11(16)13(12(18)19-9)5-4-10(14)15/h2-3,6H,4-5H2,1H3,(H,14,15)/b9-6-. The van der Waals surface area contributed by atoms with E-state index in [9.17, 15) is 9.59 Å². The first-order valence-corrected chi connectivity index (χ1v) is 6.73. The van der Waals surface area contributed by atoms with Crippen molar-refractivity contribution in [2.75, 3.05) is 6.54 Å². The van der Waals surface area contributed by atoms with E-state index in [-0.39, 0.29) is 18.9 Å². The molecule has 2 rings (SSSR count). The molecule has 1 aromatic rings. The largest absolute Gasteiger partial charge is 0.481 e. The molecular formula is C12H11NO4S2. The first-order chi connectivity index (χ1) is 8.97. The van der Waals surface area contributed by atoms with Crippen LogP contribution in [-0.2, 0) is 9.59 Å². The fraction of sp³-hybridized carbons (Fsp3) is 0.250. The Balaban J connectivity index is 2.13. The number of furan rings is 1. The Labute approximate surface area is 119 Å². The van der Waals surface area contributed by atoms with Gasteiger partial charge in [0.15, 0.2) is 0 Å². The van der Waals surface area contributed by atoms with Gasteiger partial charge in [-0.15, -0.1) is 0 Å². The number of aliphatic carboxylic acids is 1. The minimum Gasteiger partial charge on any atom is -0.481 e. The third kappa shape index (κ3) is 3.24. The summed E-state index contributed by atoms with van der Waals surface area (Å²) in [5.41, 5.74) is 0. The monoisotopic (exact) mass is 297 g/mol. The van der Waals surface area contributed by atoms with Crippen LogP contribution in [0.1, 0.15) is 17.9 Å². The van der Waals surface area contributed by atoms with Crippen molar-refractivity contribution < 1.29 is 19.1 Å². The van der Waals surface area contributed by atoms with E-state index in [2.05, 4.69) is 0 Å². The molecule has 1 aliphatic rings. The molecule has 0 aliphatic carbocycles. The summed E-state index contributed by atoms with van der Waals surface area (Å²) in [7, 11) is 0. The predicted octanol–water partition coefficient (Wildman–Crippen LogP) is 2.26. The zero-order valence-corrected chi connectivity index (χ0v) is 11.7. The van der Waals surface area contributed by atoms with Gasteiger partial charge in [0.2, 0.25) is 0 Å². The van der Waals surface area contributed by atoms with Crippen molar-refractivity contribution in [3.05, 3.63) is 28.6 Å². The number of hydrogen-bond donors (Lipinski definition) is 1. The third-order valence-electron chi connectivity index (χ3n) is 2.46. The van der Waals surface area contributed by atoms with Gasteiger partial charge in [0.05, 0.1) is 11.3 Å². The van der Waals surface area contributed by atoms with Gasteiger partial charge in [-0.25, -0.2) is 0 Å². The number of carboxylic acids is 1. The highest BCUT2D eigenvalue weighted by Gasteiger charge is 2.32. The maximum absolute atomic E-state index is 12.1. The lowest BCUT2D eigenvalue weighted by Gasteiger charge is -2.12. The van der Waals surface area contributed by atoms with Crippen LogP contribution in [0, 0.1) is 6.92 Å². The average Bonchev–Trinajstić information content (AvgIpc) is 2.83. The molecule has 1 fully saturated rings. The molecule has 19 heavy (non-hydrogen) atoms. The van der Waals surface area contributed by atoms with E-state index >= 15 is 0 Å². The predicted molar refractivity (Wildman–Crippen MR) is 75.6 cm³/mol. The van der Waals surface area contributed by atoms with Crippen molar-refractivity contribution in [2.45, 2.75) is 13.3 Å². The third-order valence-corrected chi connectivity index (χ3v) is 3.84. The number of carboxylic acid groups (broad SMARTS) is 1. The van der Waals surface area contributed by atoms with Gasteiger partial charge in [0, 0.05) is 12.6 Å². The molecule has 0 aromatic carbocycles. The van der Waals surface area contributed by atoms with Gasteiger partial charge < -0.3 is 9.52 Å². The first kappa shape index (κ1) is 13.8. The summed E-state index contributed by atoms with van der Waals surface area (Å²) in [5, 5.41) is 8.63. The van der Waals surface area contributed by atoms with Crippen LogP contribution in [0.25, 0.3) is 6.08 Å². The SMILES string of the molecule is Cc1ccc(/C=C2\SC(=S)N(CCC(=O)O)C2=O)o1. The van der Waals surface area contributed by atoms with E-state index in [0.717, 1.165) is 17.5 Å². The summed E-state index contributed by atoms with van der Waals surface area (Å²) < 4.78 is 5.74. The molecule has 100 valence electrons. The summed E-state index contributed by atoms with van der Waals surface area (Å²) in [6, 6.07) is 3.57. The van der Waals surface area contributed by atoms with Crippen LogP contribution in [-0.4, -0.2) is 32.7 Å². The molecule has 0 spiro atoms. The van der Waals surface area contributed by atoms with Gasteiger partial charge in [0.1, 0.15) is 15.8 Å². The van der Waals surface area contributed by atoms with Crippen LogP contribution >= 0.6 is 24.0 Å². The topological polar surface area (TPSA) is 70.8 Å². The highest BCUT2D eigenvalue weighted by molar-refractivity contribution is 8.26. The fourth-order valence-corrected chi connectivity index (χ4v) is 2.85. The van der Waals surface area contributed by atoms with Crippen LogP contribution in [0.3, 0.4) is 0 Å². The van der Waals surface area contributed by atoms with Crippen LogP contribution in [0.4, 0.5) is 0 Å². The summed E-state index contributed by atoms with van der Waals surface area (Å²) in [5.74, 6) is 0.105. The van der Waals surface area contributed by atoms with Crippen molar-refractivity contribution in [1.29, 1.82) is 0 Å². The number of hydrogen-bond acceptors (Lipinski definition) is 5. The van der Waals surface area contributed by atoms with Crippen LogP contribution in [0.5, 0.6) is 0 Å². The summed E-state index contributed by atoms with van der Waals surface area (Å²) in [6.45, 7) is 1.91. The highest BCUT2D eigenvalue weighted by Crippen LogP contribution is 2.32. The maximum atomic E-state index is 12.1. The van der Waals surface area contributed by atoms with Crippen molar-refractivity contribution >= 4 is 46.3 Å². The van der Waals surface area contributed by atoms with Gasteiger partial charge in [0.25, 0.3) is 5.91 Å². The minimum absolute atomic E-state index is 0.0918. The van der Waals surface area contributed by atoms with Crippen molar-refractivity contribution in [2.24, 2.45) is 0 Å². The molecule has 0 unspecified atom stereocenters. The Kier molecular flexibility index (Phi) is 4.06. The van der Waals surface area contributed by atoms with E-state index < -0.39 is 5.97 Å². The Morgan fingerprint density at radius 2 is 2.32 bits per heavy atom. The van der Waals surface area contributed by atoms with Gasteiger partial charge in [-0.2, -0.15) is 0 Å². The van der Waals surface area contributed by atoms with Crippen molar-refractivity contribution in [3.8, 4) is 0 Å². The van der Waals surface area contributed by atoms with E-state index in [1.807, 2.05) is 6.92 Å². The zero-order chi connectivity index (χ0) is 14.0. The first-order valence-electron chi connectivity index (χ1n) is 5.51. The minimum atomic E-state index is -0.959. The lowest BCUT2D eigenvalue weighted by Crippen LogP contribution is -2.30. The molecule has 7 heteroatoms. The molecule has 1 saturated heterocycles. The van der Waals surface area contributed by atoms with Crippen molar-refractivity contribution in [1.82, 2.24) is 4.90 Å². The highest BCUT2D eigenvalue weighted by atomic mass is 32.2. The number of carbonyl (C=O) groups excluding carboxylic acids is 1. The van der Waals surface area contributed by atoms with Gasteiger partial charge in [-0.1, -0.05) is 24.0 Å². The normalized spacial score (nSPS) is 17.5. The molecule has 1 aliphatic heterocycles. The second-order valence-electron chi connectivity index (χ2n) is 3.93. The Bertz CT molecular complexity index is 576. The molecule has 2 heterocycles. The number of carbonyl (C=O) groups is 2. The summed E-state index contributed by atoms with van der Waals surface area (Å²) in [4.78, 5) is 24.3. The smallest absolute Gasteiger partial charge is 0.305 e. The maximum Gasteiger partial charge on any atom is 0.305 e. The lowest BCUT2D eigenvalue weighted by atomic mass is 10.3. The molecule has 0 radical (unpaired) electrons. The number of thiocarbonyl (C=S) groups is 1.